The lowest BCUT2D eigenvalue weighted by atomic mass is 9.57. The number of hydrogen-bond acceptors (Lipinski definition) is 1. The highest BCUT2D eigenvalue weighted by atomic mass is 32.1. The van der Waals surface area contributed by atoms with Crippen molar-refractivity contribution < 1.29 is 0 Å². The molecule has 0 aromatic rings. The van der Waals surface area contributed by atoms with Gasteiger partial charge in [-0.25, -0.2) is 0 Å². The highest BCUT2D eigenvalue weighted by Gasteiger charge is 2.76. The maximum absolute atomic E-state index is 5.00. The lowest BCUT2D eigenvalue weighted by Gasteiger charge is -2.53. The van der Waals surface area contributed by atoms with Crippen LogP contribution in [0.4, 0.5) is 0 Å². The van der Waals surface area contributed by atoms with Crippen LogP contribution in [0, 0.1) is 17.3 Å². The highest BCUT2D eigenvalue weighted by Crippen LogP contribution is 2.79. The topological polar surface area (TPSA) is 0 Å². The minimum Gasteiger partial charge on any atom is -0.172 e. The van der Waals surface area contributed by atoms with Gasteiger partial charge >= 0.3 is 0 Å². The molecule has 4 atom stereocenters. The van der Waals surface area contributed by atoms with Crippen LogP contribution in [0.15, 0.2) is 0 Å². The summed E-state index contributed by atoms with van der Waals surface area (Å²) >= 11 is 5.00. The first kappa shape index (κ1) is 11.4. The Hall–Kier alpha value is 0.350. The molecule has 0 N–H and O–H groups in total. The van der Waals surface area contributed by atoms with E-state index in [0.717, 1.165) is 11.8 Å². The molecule has 0 amide bonds. The molecule has 3 aliphatic rings. The van der Waals surface area contributed by atoms with Crippen LogP contribution in [-0.4, -0.2) is 4.75 Å². The van der Waals surface area contributed by atoms with Crippen molar-refractivity contribution in [1.82, 2.24) is 0 Å². The summed E-state index contributed by atoms with van der Waals surface area (Å²) in [5.74, 6) is 2.03. The first-order valence-corrected chi connectivity index (χ1v) is 7.86. The molecule has 0 nitrogen and oxygen atoms in total. The Morgan fingerprint density at radius 3 is 2.25 bits per heavy atom. The van der Waals surface area contributed by atoms with E-state index in [9.17, 15) is 0 Å². The standard InChI is InChI=1S/C15H26S/c1-14-10-8-6-4-2-3-5-7-9-12(14)13-11-15(13,14)16/h12-13,16H,2-11H2,1H3. The molecule has 3 rings (SSSR count). The summed E-state index contributed by atoms with van der Waals surface area (Å²) in [4.78, 5) is 0. The van der Waals surface area contributed by atoms with Gasteiger partial charge in [-0.15, -0.1) is 0 Å². The monoisotopic (exact) mass is 238 g/mol. The van der Waals surface area contributed by atoms with E-state index >= 15 is 0 Å². The number of rotatable bonds is 0. The third-order valence-corrected chi connectivity index (χ3v) is 7.01. The molecule has 3 saturated carbocycles. The van der Waals surface area contributed by atoms with Crippen LogP contribution < -0.4 is 0 Å². The molecule has 0 aromatic carbocycles. The minimum atomic E-state index is 0.478. The molecule has 3 fully saturated rings. The van der Waals surface area contributed by atoms with Gasteiger partial charge in [-0.3, -0.25) is 0 Å². The summed E-state index contributed by atoms with van der Waals surface area (Å²) in [5.41, 5.74) is 0.602. The second-order valence-electron chi connectivity index (χ2n) is 6.77. The van der Waals surface area contributed by atoms with Crippen LogP contribution in [-0.2, 0) is 0 Å². The summed E-state index contributed by atoms with van der Waals surface area (Å²) < 4.78 is 0.478. The van der Waals surface area contributed by atoms with Crippen LogP contribution in [0.5, 0.6) is 0 Å². The van der Waals surface area contributed by atoms with Gasteiger partial charge in [0.2, 0.25) is 0 Å². The molecule has 92 valence electrons. The van der Waals surface area contributed by atoms with Crippen molar-refractivity contribution in [3.8, 4) is 0 Å². The molecule has 1 heteroatoms. The Morgan fingerprint density at radius 1 is 0.875 bits per heavy atom. The zero-order valence-electron chi connectivity index (χ0n) is 10.7. The smallest absolute Gasteiger partial charge is 0.0221 e. The van der Waals surface area contributed by atoms with Crippen LogP contribution in [0.2, 0.25) is 0 Å². The Morgan fingerprint density at radius 2 is 1.50 bits per heavy atom. The van der Waals surface area contributed by atoms with Gasteiger partial charge in [-0.1, -0.05) is 51.9 Å². The molecule has 0 aromatic heterocycles. The Balaban J connectivity index is 1.68. The summed E-state index contributed by atoms with van der Waals surface area (Å²) in [6.07, 6.45) is 14.7. The van der Waals surface area contributed by atoms with E-state index < -0.39 is 0 Å². The molecule has 0 saturated heterocycles. The Kier molecular flexibility index (Phi) is 2.81. The largest absolute Gasteiger partial charge is 0.172 e. The van der Waals surface area contributed by atoms with Crippen molar-refractivity contribution in [1.29, 1.82) is 0 Å². The van der Waals surface area contributed by atoms with Crippen LogP contribution in [0.3, 0.4) is 0 Å². The lowest BCUT2D eigenvalue weighted by molar-refractivity contribution is 0.0341. The maximum Gasteiger partial charge on any atom is 0.0221 e. The maximum atomic E-state index is 5.00. The second kappa shape index (κ2) is 3.93. The van der Waals surface area contributed by atoms with E-state index in [4.69, 9.17) is 12.6 Å². The summed E-state index contributed by atoms with van der Waals surface area (Å²) in [6, 6.07) is 0. The van der Waals surface area contributed by atoms with Crippen molar-refractivity contribution in [2.75, 3.05) is 0 Å². The van der Waals surface area contributed by atoms with Crippen molar-refractivity contribution in [2.45, 2.75) is 75.9 Å². The molecular weight excluding hydrogens is 212 g/mol. The van der Waals surface area contributed by atoms with E-state index in [1.165, 1.54) is 64.2 Å². The zero-order chi connectivity index (χ0) is 11.2. The summed E-state index contributed by atoms with van der Waals surface area (Å²) in [7, 11) is 0. The third kappa shape index (κ3) is 1.50. The fourth-order valence-corrected chi connectivity index (χ4v) is 5.39. The quantitative estimate of drug-likeness (QED) is 0.574. The molecule has 16 heavy (non-hydrogen) atoms. The van der Waals surface area contributed by atoms with Gasteiger partial charge in [0, 0.05) is 4.75 Å². The van der Waals surface area contributed by atoms with E-state index in [0.29, 0.717) is 10.2 Å². The molecule has 0 heterocycles. The molecule has 0 spiro atoms. The van der Waals surface area contributed by atoms with E-state index in [1.54, 1.807) is 0 Å². The number of fused-ring (bicyclic) bond motifs is 4. The Bertz CT molecular complexity index is 275. The zero-order valence-corrected chi connectivity index (χ0v) is 11.6. The normalized spacial score (nSPS) is 52.9. The van der Waals surface area contributed by atoms with Crippen LogP contribution in [0.1, 0.15) is 71.1 Å². The van der Waals surface area contributed by atoms with Gasteiger partial charge < -0.3 is 0 Å². The fraction of sp³-hybridized carbons (Fsp3) is 1.00. The molecular formula is C15H26S. The van der Waals surface area contributed by atoms with Gasteiger partial charge in [-0.05, 0) is 36.5 Å². The predicted octanol–water partition coefficient (Wildman–Crippen LogP) is 4.84. The van der Waals surface area contributed by atoms with Gasteiger partial charge in [0.1, 0.15) is 0 Å². The second-order valence-corrected chi connectivity index (χ2v) is 7.57. The van der Waals surface area contributed by atoms with Crippen LogP contribution >= 0.6 is 12.6 Å². The third-order valence-electron chi connectivity index (χ3n) is 5.99. The molecule has 0 radical (unpaired) electrons. The van der Waals surface area contributed by atoms with Crippen molar-refractivity contribution in [3.63, 3.8) is 0 Å². The molecule has 0 bridgehead atoms. The van der Waals surface area contributed by atoms with Crippen LogP contribution in [0.25, 0.3) is 0 Å². The Labute approximate surface area is 106 Å². The number of thiol groups is 1. The lowest BCUT2D eigenvalue weighted by Crippen LogP contribution is -2.50. The van der Waals surface area contributed by atoms with Gasteiger partial charge in [0.25, 0.3) is 0 Å². The first-order chi connectivity index (χ1) is 7.68. The van der Waals surface area contributed by atoms with Crippen molar-refractivity contribution in [2.24, 2.45) is 17.3 Å². The van der Waals surface area contributed by atoms with E-state index in [1.807, 2.05) is 0 Å². The van der Waals surface area contributed by atoms with Gasteiger partial charge in [0.05, 0.1) is 0 Å². The predicted molar refractivity (Wildman–Crippen MR) is 73.0 cm³/mol. The summed E-state index contributed by atoms with van der Waals surface area (Å²) in [5, 5.41) is 0. The van der Waals surface area contributed by atoms with Gasteiger partial charge in [0.15, 0.2) is 0 Å². The average molecular weight is 238 g/mol. The van der Waals surface area contributed by atoms with E-state index in [-0.39, 0.29) is 0 Å². The highest BCUT2D eigenvalue weighted by molar-refractivity contribution is 7.82. The fourth-order valence-electron chi connectivity index (χ4n) is 4.74. The van der Waals surface area contributed by atoms with Gasteiger partial charge in [-0.2, -0.15) is 12.6 Å². The SMILES string of the molecule is CC12CCCCCCCCCC1C1CC12S. The van der Waals surface area contributed by atoms with Crippen molar-refractivity contribution >= 4 is 12.6 Å². The molecule has 0 aliphatic heterocycles. The average Bonchev–Trinajstić information content (AvgIpc) is 2.90. The molecule has 3 aliphatic carbocycles. The number of hydrogen-bond donors (Lipinski definition) is 1. The summed E-state index contributed by atoms with van der Waals surface area (Å²) in [6.45, 7) is 2.55. The molecule has 4 unspecified atom stereocenters. The van der Waals surface area contributed by atoms with Crippen molar-refractivity contribution in [3.05, 3.63) is 0 Å². The first-order valence-electron chi connectivity index (χ1n) is 7.41. The minimum absolute atomic E-state index is 0.478. The van der Waals surface area contributed by atoms with E-state index in [2.05, 4.69) is 6.92 Å².